The molecule has 0 radical (unpaired) electrons. The maximum atomic E-state index is 5.52. The monoisotopic (exact) mass is 236 g/mol. The first-order valence-corrected chi connectivity index (χ1v) is 6.21. The minimum absolute atomic E-state index is 0.248. The lowest BCUT2D eigenvalue weighted by molar-refractivity contribution is 0.307. The molecule has 1 atom stereocenters. The molecule has 17 heavy (non-hydrogen) atoms. The molecule has 2 heteroatoms. The van der Waals surface area contributed by atoms with Gasteiger partial charge in [0.1, 0.15) is 0 Å². The maximum absolute atomic E-state index is 5.52. The van der Waals surface area contributed by atoms with Gasteiger partial charge in [-0.2, -0.15) is 0 Å². The van der Waals surface area contributed by atoms with E-state index in [9.17, 15) is 0 Å². The summed E-state index contributed by atoms with van der Waals surface area (Å²) in [5.74, 6) is 2.12. The number of hydrogen-bond acceptors (Lipinski definition) is 2. The van der Waals surface area contributed by atoms with Crippen molar-refractivity contribution in [1.82, 2.24) is 0 Å². The van der Waals surface area contributed by atoms with Crippen molar-refractivity contribution in [1.29, 1.82) is 0 Å². The number of hydrogen-bond donors (Lipinski definition) is 0. The first-order chi connectivity index (χ1) is 7.90. The van der Waals surface area contributed by atoms with Crippen LogP contribution in [-0.2, 0) is 0 Å². The quantitative estimate of drug-likeness (QED) is 0.778. The summed E-state index contributed by atoms with van der Waals surface area (Å²) >= 11 is 0. The molecule has 2 nitrogen and oxygen atoms in total. The van der Waals surface area contributed by atoms with Crippen LogP contribution in [0.15, 0.2) is 18.2 Å². The summed E-state index contributed by atoms with van der Waals surface area (Å²) in [7, 11) is 1.68. The number of methoxy groups -OCH3 is 1. The predicted molar refractivity (Wildman–Crippen MR) is 72.0 cm³/mol. The van der Waals surface area contributed by atoms with Crippen LogP contribution in [0.1, 0.15) is 46.1 Å². The summed E-state index contributed by atoms with van der Waals surface area (Å²) in [4.78, 5) is 0. The lowest BCUT2D eigenvalue weighted by atomic mass is 9.78. The molecule has 0 aromatic heterocycles. The lowest BCUT2D eigenvalue weighted by Gasteiger charge is -2.28. The summed E-state index contributed by atoms with van der Waals surface area (Å²) in [5.41, 5.74) is 1.54. The van der Waals surface area contributed by atoms with Gasteiger partial charge in [-0.25, -0.2) is 0 Å². The molecule has 0 fully saturated rings. The van der Waals surface area contributed by atoms with Crippen LogP contribution in [0.4, 0.5) is 0 Å². The number of rotatable bonds is 4. The molecule has 0 saturated heterocycles. The predicted octanol–water partition coefficient (Wildman–Crippen LogP) is 4.24. The van der Waals surface area contributed by atoms with Crippen molar-refractivity contribution in [3.8, 4) is 11.5 Å². The van der Waals surface area contributed by atoms with E-state index in [0.29, 0.717) is 12.5 Å². The molecule has 0 aliphatic carbocycles. The molecule has 1 aromatic rings. The third-order valence-corrected chi connectivity index (χ3v) is 3.29. The van der Waals surface area contributed by atoms with Crippen LogP contribution in [0.2, 0.25) is 0 Å². The van der Waals surface area contributed by atoms with Gasteiger partial charge in [0.2, 0.25) is 0 Å². The van der Waals surface area contributed by atoms with Gasteiger partial charge in [-0.15, -0.1) is 0 Å². The highest BCUT2D eigenvalue weighted by Gasteiger charge is 2.22. The fourth-order valence-corrected chi connectivity index (χ4v) is 1.73. The van der Waals surface area contributed by atoms with E-state index in [1.165, 1.54) is 5.56 Å². The van der Waals surface area contributed by atoms with Crippen molar-refractivity contribution in [3.05, 3.63) is 23.8 Å². The van der Waals surface area contributed by atoms with Gasteiger partial charge in [-0.1, -0.05) is 33.8 Å². The molecule has 1 rings (SSSR count). The summed E-state index contributed by atoms with van der Waals surface area (Å²) < 4.78 is 10.9. The van der Waals surface area contributed by atoms with E-state index in [1.54, 1.807) is 7.11 Å². The van der Waals surface area contributed by atoms with Crippen LogP contribution in [0.3, 0.4) is 0 Å². The second-order valence-electron chi connectivity index (χ2n) is 5.43. The van der Waals surface area contributed by atoms with Gasteiger partial charge in [0, 0.05) is 0 Å². The average Bonchev–Trinajstić information content (AvgIpc) is 2.28. The van der Waals surface area contributed by atoms with Crippen LogP contribution in [0, 0.1) is 5.41 Å². The Morgan fingerprint density at radius 1 is 1.18 bits per heavy atom. The van der Waals surface area contributed by atoms with E-state index in [0.717, 1.165) is 11.5 Å². The van der Waals surface area contributed by atoms with Gasteiger partial charge in [0.15, 0.2) is 11.5 Å². The Hall–Kier alpha value is -1.18. The molecule has 0 saturated carbocycles. The molecule has 0 N–H and O–H groups in total. The molecule has 1 aromatic carbocycles. The highest BCUT2D eigenvalue weighted by Crippen LogP contribution is 2.38. The number of ether oxygens (including phenoxy) is 2. The van der Waals surface area contributed by atoms with E-state index >= 15 is 0 Å². The van der Waals surface area contributed by atoms with E-state index in [1.807, 2.05) is 13.0 Å². The fraction of sp³-hybridized carbons (Fsp3) is 0.600. The summed E-state index contributed by atoms with van der Waals surface area (Å²) in [6, 6.07) is 6.21. The molecule has 0 bridgehead atoms. The van der Waals surface area contributed by atoms with Crippen LogP contribution in [0.25, 0.3) is 0 Å². The fourth-order valence-electron chi connectivity index (χ4n) is 1.73. The van der Waals surface area contributed by atoms with Crippen molar-refractivity contribution in [2.75, 3.05) is 13.7 Å². The van der Waals surface area contributed by atoms with Crippen molar-refractivity contribution in [2.45, 2.75) is 40.5 Å². The van der Waals surface area contributed by atoms with Crippen molar-refractivity contribution < 1.29 is 9.47 Å². The zero-order chi connectivity index (χ0) is 13.1. The van der Waals surface area contributed by atoms with Gasteiger partial charge < -0.3 is 9.47 Å². The highest BCUT2D eigenvalue weighted by atomic mass is 16.5. The summed E-state index contributed by atoms with van der Waals surface area (Å²) in [6.45, 7) is 11.6. The molecule has 0 heterocycles. The van der Waals surface area contributed by atoms with Crippen molar-refractivity contribution in [3.63, 3.8) is 0 Å². The van der Waals surface area contributed by atoms with Crippen molar-refractivity contribution in [2.24, 2.45) is 5.41 Å². The smallest absolute Gasteiger partial charge is 0.161 e. The molecular formula is C15H24O2. The van der Waals surface area contributed by atoms with E-state index < -0.39 is 0 Å². The molecule has 0 spiro atoms. The first-order valence-electron chi connectivity index (χ1n) is 6.21. The Morgan fingerprint density at radius 3 is 2.29 bits per heavy atom. The van der Waals surface area contributed by atoms with Crippen LogP contribution in [0.5, 0.6) is 11.5 Å². The van der Waals surface area contributed by atoms with Gasteiger partial charge in [-0.05, 0) is 36.0 Å². The first kappa shape index (κ1) is 13.9. The SMILES string of the molecule is CCOc1ccc(C(C)C(C)(C)C)cc1OC. The second-order valence-corrected chi connectivity index (χ2v) is 5.43. The Balaban J connectivity index is 3.05. The minimum atomic E-state index is 0.248. The van der Waals surface area contributed by atoms with E-state index in [2.05, 4.69) is 39.8 Å². The normalized spacial score (nSPS) is 13.3. The highest BCUT2D eigenvalue weighted by molar-refractivity contribution is 5.44. The maximum Gasteiger partial charge on any atom is 0.161 e. The third kappa shape index (κ3) is 3.39. The van der Waals surface area contributed by atoms with Gasteiger partial charge in [0.05, 0.1) is 13.7 Å². The van der Waals surface area contributed by atoms with Gasteiger partial charge in [0.25, 0.3) is 0 Å². The summed E-state index contributed by atoms with van der Waals surface area (Å²) in [6.07, 6.45) is 0. The second kappa shape index (κ2) is 5.44. The van der Waals surface area contributed by atoms with Crippen molar-refractivity contribution >= 4 is 0 Å². The Labute approximate surface area is 105 Å². The van der Waals surface area contributed by atoms with E-state index in [4.69, 9.17) is 9.47 Å². The molecule has 0 amide bonds. The van der Waals surface area contributed by atoms with Gasteiger partial charge >= 0.3 is 0 Å². The van der Waals surface area contributed by atoms with Crippen LogP contribution < -0.4 is 9.47 Å². The summed E-state index contributed by atoms with van der Waals surface area (Å²) in [5, 5.41) is 0. The standard InChI is InChI=1S/C15H24O2/c1-7-17-13-9-8-12(10-14(13)16-6)11(2)15(3,4)5/h8-11H,7H2,1-6H3. The Morgan fingerprint density at radius 2 is 1.82 bits per heavy atom. The molecule has 0 aliphatic rings. The minimum Gasteiger partial charge on any atom is -0.493 e. The molecule has 0 aliphatic heterocycles. The topological polar surface area (TPSA) is 18.5 Å². The van der Waals surface area contributed by atoms with Crippen LogP contribution in [-0.4, -0.2) is 13.7 Å². The molecular weight excluding hydrogens is 212 g/mol. The van der Waals surface area contributed by atoms with Crippen LogP contribution >= 0.6 is 0 Å². The zero-order valence-corrected chi connectivity index (χ0v) is 11.8. The Bertz CT molecular complexity index is 364. The Kier molecular flexibility index (Phi) is 4.44. The zero-order valence-electron chi connectivity index (χ0n) is 11.8. The third-order valence-electron chi connectivity index (χ3n) is 3.29. The molecule has 96 valence electrons. The lowest BCUT2D eigenvalue weighted by Crippen LogP contribution is -2.15. The van der Waals surface area contributed by atoms with E-state index in [-0.39, 0.29) is 5.41 Å². The average molecular weight is 236 g/mol. The molecule has 1 unspecified atom stereocenters. The number of benzene rings is 1. The largest absolute Gasteiger partial charge is 0.493 e. The van der Waals surface area contributed by atoms with Gasteiger partial charge in [-0.3, -0.25) is 0 Å².